The molecular formula is C40H58O5. The molecule has 5 heteroatoms. The van der Waals surface area contributed by atoms with E-state index in [2.05, 4.69) is 63.5 Å². The number of aliphatic hydroxyl groups excluding tert-OH is 1. The summed E-state index contributed by atoms with van der Waals surface area (Å²) in [4.78, 5) is 0. The van der Waals surface area contributed by atoms with Crippen LogP contribution in [0.15, 0.2) is 48.1 Å². The lowest BCUT2D eigenvalue weighted by molar-refractivity contribution is -0.312. The predicted molar refractivity (Wildman–Crippen MR) is 181 cm³/mol. The van der Waals surface area contributed by atoms with Gasteiger partial charge in [0.15, 0.2) is 5.79 Å². The number of benzene rings is 1. The molecule has 1 aromatic rings. The molecule has 45 heavy (non-hydrogen) atoms. The topological polar surface area (TPSA) is 57.2 Å². The fourth-order valence-electron chi connectivity index (χ4n) is 8.63. The van der Waals surface area contributed by atoms with E-state index >= 15 is 0 Å². The van der Waals surface area contributed by atoms with Gasteiger partial charge in [-0.25, -0.2) is 0 Å². The maximum absolute atomic E-state index is 11.2. The summed E-state index contributed by atoms with van der Waals surface area (Å²) in [7, 11) is 1.71. The Morgan fingerprint density at radius 3 is 2.36 bits per heavy atom. The standard InChI is InChI=1S/C35H46O4.C5H12O/c1-5-18-37-19-6-7-24-8-10-25(11-9-24)29-21-34(4)30(14-15-31(34)36)28-13-12-26-20-35(17-16-27(26)32(28)29)38-22-33(2,3)23-39-35;1-5(2,3)6-4/h5,8-11,26,28-31,36H,1,12-23H2,2-4H3;1-4H3. The highest BCUT2D eigenvalue weighted by molar-refractivity contribution is 5.44. The monoisotopic (exact) mass is 618 g/mol. The van der Waals surface area contributed by atoms with E-state index in [-0.39, 0.29) is 22.5 Å². The molecule has 6 atom stereocenters. The molecule has 1 aliphatic heterocycles. The van der Waals surface area contributed by atoms with Gasteiger partial charge in [-0.2, -0.15) is 0 Å². The molecule has 5 aliphatic rings. The van der Waals surface area contributed by atoms with E-state index in [0.29, 0.717) is 36.9 Å². The van der Waals surface area contributed by atoms with Crippen LogP contribution in [-0.2, 0) is 18.9 Å². The summed E-state index contributed by atoms with van der Waals surface area (Å²) in [6.07, 6.45) is 10.2. The minimum atomic E-state index is -0.394. The molecule has 1 spiro atoms. The summed E-state index contributed by atoms with van der Waals surface area (Å²) in [5.41, 5.74) is 5.94. The summed E-state index contributed by atoms with van der Waals surface area (Å²) < 4.78 is 23.3. The van der Waals surface area contributed by atoms with Crippen molar-refractivity contribution in [2.45, 2.75) is 116 Å². The first kappa shape index (κ1) is 34.4. The van der Waals surface area contributed by atoms with Crippen LogP contribution < -0.4 is 0 Å². The number of rotatable bonds is 4. The Morgan fingerprint density at radius 1 is 1.02 bits per heavy atom. The van der Waals surface area contributed by atoms with Crippen molar-refractivity contribution in [2.24, 2.45) is 28.6 Å². The van der Waals surface area contributed by atoms with Crippen LogP contribution in [0, 0.1) is 40.4 Å². The van der Waals surface area contributed by atoms with Gasteiger partial charge >= 0.3 is 0 Å². The van der Waals surface area contributed by atoms with Crippen molar-refractivity contribution >= 4 is 0 Å². The third kappa shape index (κ3) is 7.63. The van der Waals surface area contributed by atoms with Crippen molar-refractivity contribution in [1.82, 2.24) is 0 Å². The second-order valence-corrected chi connectivity index (χ2v) is 16.2. The van der Waals surface area contributed by atoms with Crippen molar-refractivity contribution < 1.29 is 24.1 Å². The molecule has 248 valence electrons. The highest BCUT2D eigenvalue weighted by atomic mass is 16.7. The van der Waals surface area contributed by atoms with E-state index in [0.717, 1.165) is 57.3 Å². The van der Waals surface area contributed by atoms with E-state index in [1.54, 1.807) is 24.3 Å². The maximum Gasteiger partial charge on any atom is 0.169 e. The second-order valence-electron chi connectivity index (χ2n) is 16.2. The number of ether oxygens (including phenoxy) is 4. The molecule has 3 saturated carbocycles. The zero-order valence-electron chi connectivity index (χ0n) is 29.0. The molecule has 0 aromatic heterocycles. The van der Waals surface area contributed by atoms with Crippen LogP contribution in [0.4, 0.5) is 0 Å². The lowest BCUT2D eigenvalue weighted by Crippen LogP contribution is -2.52. The Kier molecular flexibility index (Phi) is 10.4. The third-order valence-corrected chi connectivity index (χ3v) is 11.3. The van der Waals surface area contributed by atoms with E-state index in [1.165, 1.54) is 18.4 Å². The fourth-order valence-corrected chi connectivity index (χ4v) is 8.63. The van der Waals surface area contributed by atoms with Gasteiger partial charge < -0.3 is 24.1 Å². The molecule has 4 aliphatic carbocycles. The van der Waals surface area contributed by atoms with E-state index in [1.807, 2.05) is 20.8 Å². The largest absolute Gasteiger partial charge is 0.393 e. The Morgan fingerprint density at radius 2 is 1.71 bits per heavy atom. The predicted octanol–water partition coefficient (Wildman–Crippen LogP) is 8.21. The minimum absolute atomic E-state index is 0.00966. The van der Waals surface area contributed by atoms with Gasteiger partial charge in [0.2, 0.25) is 0 Å². The fraction of sp³-hybridized carbons (Fsp3) is 0.700. The average molecular weight is 619 g/mol. The van der Waals surface area contributed by atoms with Gasteiger partial charge in [0.05, 0.1) is 31.5 Å². The van der Waals surface area contributed by atoms with Crippen LogP contribution >= 0.6 is 0 Å². The molecule has 5 nitrogen and oxygen atoms in total. The molecule has 1 saturated heterocycles. The summed E-state index contributed by atoms with van der Waals surface area (Å²) in [6.45, 7) is 19.1. The van der Waals surface area contributed by atoms with Gasteiger partial charge in [-0.05, 0) is 100 Å². The first-order valence-electron chi connectivity index (χ1n) is 17.3. The summed E-state index contributed by atoms with van der Waals surface area (Å²) in [5, 5.41) is 11.2. The van der Waals surface area contributed by atoms with Gasteiger partial charge in [0.25, 0.3) is 0 Å². The lowest BCUT2D eigenvalue weighted by Gasteiger charge is -2.55. The van der Waals surface area contributed by atoms with E-state index < -0.39 is 5.79 Å². The van der Waals surface area contributed by atoms with Crippen molar-refractivity contribution in [3.05, 3.63) is 59.2 Å². The van der Waals surface area contributed by atoms with Crippen LogP contribution in [-0.4, -0.2) is 56.1 Å². The molecule has 0 bridgehead atoms. The van der Waals surface area contributed by atoms with Crippen LogP contribution in [0.2, 0.25) is 0 Å². The number of allylic oxidation sites excluding steroid dienone is 2. The summed E-state index contributed by atoms with van der Waals surface area (Å²) >= 11 is 0. The smallest absolute Gasteiger partial charge is 0.169 e. The molecule has 1 aromatic carbocycles. The lowest BCUT2D eigenvalue weighted by atomic mass is 9.52. The molecule has 1 heterocycles. The molecular weight excluding hydrogens is 560 g/mol. The normalized spacial score (nSPS) is 33.1. The molecule has 1 N–H and O–H groups in total. The Balaban J connectivity index is 0.000000609. The first-order valence-corrected chi connectivity index (χ1v) is 17.3. The summed E-state index contributed by atoms with van der Waals surface area (Å²) in [5.74, 6) is 8.03. The van der Waals surface area contributed by atoms with Gasteiger partial charge in [-0.1, -0.05) is 62.0 Å². The molecule has 6 unspecified atom stereocenters. The first-order chi connectivity index (χ1) is 21.3. The van der Waals surface area contributed by atoms with E-state index in [9.17, 15) is 5.11 Å². The molecule has 0 radical (unpaired) electrons. The zero-order valence-corrected chi connectivity index (χ0v) is 29.0. The van der Waals surface area contributed by atoms with Crippen LogP contribution in [0.1, 0.15) is 110 Å². The third-order valence-electron chi connectivity index (χ3n) is 11.3. The SMILES string of the molecule is C=CCOCC#Cc1ccc(C2CC3(C)C(O)CCC3C3CCC4CC5(CCC4=C23)OCC(C)(C)CO5)cc1.COC(C)(C)C. The highest BCUT2D eigenvalue weighted by Gasteiger charge is 2.57. The Bertz CT molecular complexity index is 1260. The van der Waals surface area contributed by atoms with Gasteiger partial charge in [0, 0.05) is 36.8 Å². The number of fused-ring (bicyclic) bond motifs is 4. The molecule has 0 amide bonds. The van der Waals surface area contributed by atoms with Gasteiger partial charge in [-0.3, -0.25) is 0 Å². The second kappa shape index (κ2) is 13.7. The Hall–Kier alpha value is -1.94. The zero-order chi connectivity index (χ0) is 32.5. The minimum Gasteiger partial charge on any atom is -0.393 e. The quantitative estimate of drug-likeness (QED) is 0.209. The summed E-state index contributed by atoms with van der Waals surface area (Å²) in [6, 6.07) is 8.91. The molecule has 4 fully saturated rings. The molecule has 6 rings (SSSR count). The van der Waals surface area contributed by atoms with Crippen molar-refractivity contribution in [1.29, 1.82) is 0 Å². The van der Waals surface area contributed by atoms with Gasteiger partial charge in [0.1, 0.15) is 6.61 Å². The highest BCUT2D eigenvalue weighted by Crippen LogP contribution is 2.65. The number of methoxy groups -OCH3 is 1. The van der Waals surface area contributed by atoms with Crippen LogP contribution in [0.5, 0.6) is 0 Å². The van der Waals surface area contributed by atoms with E-state index in [4.69, 9.17) is 18.9 Å². The van der Waals surface area contributed by atoms with Crippen molar-refractivity contribution in [3.8, 4) is 11.8 Å². The van der Waals surface area contributed by atoms with Crippen molar-refractivity contribution in [3.63, 3.8) is 0 Å². The number of hydrogen-bond donors (Lipinski definition) is 1. The Labute approximate surface area is 273 Å². The van der Waals surface area contributed by atoms with Crippen molar-refractivity contribution in [2.75, 3.05) is 33.5 Å². The van der Waals surface area contributed by atoms with Crippen LogP contribution in [0.3, 0.4) is 0 Å². The number of aliphatic hydroxyl groups is 1. The van der Waals surface area contributed by atoms with Crippen LogP contribution in [0.25, 0.3) is 0 Å². The average Bonchev–Trinajstić information content (AvgIpc) is 3.32. The van der Waals surface area contributed by atoms with Gasteiger partial charge in [-0.15, -0.1) is 6.58 Å². The maximum atomic E-state index is 11.2. The number of hydrogen-bond acceptors (Lipinski definition) is 5.